The SMILES string of the molecule is CCOc1ccccc1-c1nc(CC(=O)NCC2COc3ccccc3O2)cs1. The highest BCUT2D eigenvalue weighted by molar-refractivity contribution is 7.13. The summed E-state index contributed by atoms with van der Waals surface area (Å²) in [6.45, 7) is 3.34. The number of para-hydroxylation sites is 3. The highest BCUT2D eigenvalue weighted by Gasteiger charge is 2.21. The van der Waals surface area contributed by atoms with Crippen molar-refractivity contribution in [3.05, 3.63) is 59.6 Å². The number of amides is 1. The maximum atomic E-state index is 12.3. The molecule has 1 unspecified atom stereocenters. The summed E-state index contributed by atoms with van der Waals surface area (Å²) in [4.78, 5) is 17.0. The van der Waals surface area contributed by atoms with E-state index >= 15 is 0 Å². The van der Waals surface area contributed by atoms with Gasteiger partial charge in [0.05, 0.1) is 30.8 Å². The van der Waals surface area contributed by atoms with Crippen LogP contribution in [0.4, 0.5) is 0 Å². The Kier molecular flexibility index (Phi) is 5.95. The van der Waals surface area contributed by atoms with Gasteiger partial charge in [-0.2, -0.15) is 0 Å². The minimum atomic E-state index is -0.210. The molecule has 0 radical (unpaired) electrons. The van der Waals surface area contributed by atoms with E-state index < -0.39 is 0 Å². The van der Waals surface area contributed by atoms with Crippen LogP contribution in [0.2, 0.25) is 0 Å². The fraction of sp³-hybridized carbons (Fsp3) is 0.273. The van der Waals surface area contributed by atoms with Crippen molar-refractivity contribution < 1.29 is 19.0 Å². The number of hydrogen-bond donors (Lipinski definition) is 1. The lowest BCUT2D eigenvalue weighted by atomic mass is 10.2. The average molecular weight is 410 g/mol. The van der Waals surface area contributed by atoms with Crippen LogP contribution in [0.3, 0.4) is 0 Å². The minimum Gasteiger partial charge on any atom is -0.493 e. The molecule has 1 aromatic heterocycles. The first kappa shape index (κ1) is 19.3. The Morgan fingerprint density at radius 2 is 2.00 bits per heavy atom. The molecule has 150 valence electrons. The van der Waals surface area contributed by atoms with Crippen LogP contribution in [0.5, 0.6) is 17.2 Å². The predicted octanol–water partition coefficient (Wildman–Crippen LogP) is 3.71. The number of ether oxygens (including phenoxy) is 3. The molecule has 3 aromatic rings. The molecule has 1 aliphatic heterocycles. The third kappa shape index (κ3) is 4.68. The Labute approximate surface area is 173 Å². The van der Waals surface area contributed by atoms with Crippen molar-refractivity contribution in [2.75, 3.05) is 19.8 Å². The van der Waals surface area contributed by atoms with Gasteiger partial charge < -0.3 is 19.5 Å². The molecule has 29 heavy (non-hydrogen) atoms. The fourth-order valence-electron chi connectivity index (χ4n) is 3.05. The molecule has 0 saturated heterocycles. The predicted molar refractivity (Wildman–Crippen MR) is 112 cm³/mol. The van der Waals surface area contributed by atoms with Crippen LogP contribution >= 0.6 is 11.3 Å². The lowest BCUT2D eigenvalue weighted by molar-refractivity contribution is -0.121. The summed E-state index contributed by atoms with van der Waals surface area (Å²) in [5, 5.41) is 5.66. The van der Waals surface area contributed by atoms with E-state index in [0.717, 1.165) is 27.8 Å². The minimum absolute atomic E-state index is 0.0950. The number of benzene rings is 2. The van der Waals surface area contributed by atoms with Gasteiger partial charge >= 0.3 is 0 Å². The third-order valence-corrected chi connectivity index (χ3v) is 5.33. The van der Waals surface area contributed by atoms with Gasteiger partial charge in [-0.15, -0.1) is 11.3 Å². The monoisotopic (exact) mass is 410 g/mol. The molecule has 0 bridgehead atoms. The molecule has 2 aromatic carbocycles. The zero-order valence-electron chi connectivity index (χ0n) is 16.1. The van der Waals surface area contributed by atoms with Gasteiger partial charge in [-0.05, 0) is 31.2 Å². The Balaban J connectivity index is 1.32. The fourth-order valence-corrected chi connectivity index (χ4v) is 3.90. The first-order chi connectivity index (χ1) is 14.2. The molecule has 6 nitrogen and oxygen atoms in total. The number of nitrogens with one attached hydrogen (secondary N) is 1. The molecule has 0 fully saturated rings. The summed E-state index contributed by atoms with van der Waals surface area (Å²) >= 11 is 1.51. The first-order valence-corrected chi connectivity index (χ1v) is 10.4. The summed E-state index contributed by atoms with van der Waals surface area (Å²) < 4.78 is 17.2. The highest BCUT2D eigenvalue weighted by Crippen LogP contribution is 2.32. The quantitative estimate of drug-likeness (QED) is 0.643. The molecule has 1 amide bonds. The number of rotatable bonds is 7. The summed E-state index contributed by atoms with van der Waals surface area (Å²) in [7, 11) is 0. The number of fused-ring (bicyclic) bond motifs is 1. The molecule has 0 saturated carbocycles. The molecule has 0 aliphatic carbocycles. The molecule has 2 heterocycles. The van der Waals surface area contributed by atoms with E-state index in [1.165, 1.54) is 11.3 Å². The van der Waals surface area contributed by atoms with E-state index in [1.54, 1.807) is 0 Å². The van der Waals surface area contributed by atoms with E-state index in [1.807, 2.05) is 60.8 Å². The second-order valence-electron chi connectivity index (χ2n) is 6.55. The topological polar surface area (TPSA) is 69.7 Å². The highest BCUT2D eigenvalue weighted by atomic mass is 32.1. The molecule has 7 heteroatoms. The van der Waals surface area contributed by atoms with Gasteiger partial charge in [-0.3, -0.25) is 4.79 Å². The van der Waals surface area contributed by atoms with Crippen molar-refractivity contribution in [2.24, 2.45) is 0 Å². The number of hydrogen-bond acceptors (Lipinski definition) is 6. The largest absolute Gasteiger partial charge is 0.493 e. The summed E-state index contributed by atoms with van der Waals surface area (Å²) in [5.74, 6) is 2.14. The lowest BCUT2D eigenvalue weighted by Crippen LogP contribution is -2.41. The van der Waals surface area contributed by atoms with Crippen LogP contribution in [-0.4, -0.2) is 36.8 Å². The molecule has 4 rings (SSSR count). The van der Waals surface area contributed by atoms with Crippen molar-refractivity contribution in [2.45, 2.75) is 19.4 Å². The van der Waals surface area contributed by atoms with Crippen molar-refractivity contribution in [1.82, 2.24) is 10.3 Å². The zero-order chi connectivity index (χ0) is 20.1. The molecular formula is C22H22N2O4S. The Hall–Kier alpha value is -3.06. The van der Waals surface area contributed by atoms with Crippen LogP contribution in [-0.2, 0) is 11.2 Å². The number of nitrogens with zero attached hydrogens (tertiary/aromatic N) is 1. The molecule has 1 atom stereocenters. The summed E-state index contributed by atoms with van der Waals surface area (Å²) in [5.41, 5.74) is 1.68. The number of aromatic nitrogens is 1. The second-order valence-corrected chi connectivity index (χ2v) is 7.41. The van der Waals surface area contributed by atoms with Gasteiger partial charge in [0.15, 0.2) is 11.5 Å². The number of carbonyl (C=O) groups excluding carboxylic acids is 1. The standard InChI is InChI=1S/C22H22N2O4S/c1-2-26-18-8-4-3-7-17(18)22-24-15(14-29-22)11-21(25)23-12-16-13-27-19-9-5-6-10-20(19)28-16/h3-10,14,16H,2,11-13H2,1H3,(H,23,25). The van der Waals surface area contributed by atoms with E-state index in [0.29, 0.717) is 25.5 Å². The van der Waals surface area contributed by atoms with Crippen molar-refractivity contribution in [3.8, 4) is 27.8 Å². The molecule has 1 N–H and O–H groups in total. The molecule has 1 aliphatic rings. The second kappa shape index (κ2) is 8.96. The van der Waals surface area contributed by atoms with E-state index in [2.05, 4.69) is 10.3 Å². The molecular weight excluding hydrogens is 388 g/mol. The number of thiazole rings is 1. The van der Waals surface area contributed by atoms with E-state index in [9.17, 15) is 4.79 Å². The van der Waals surface area contributed by atoms with Gasteiger partial charge in [-0.25, -0.2) is 4.98 Å². The third-order valence-electron chi connectivity index (χ3n) is 4.41. The van der Waals surface area contributed by atoms with Gasteiger partial charge in [0, 0.05) is 5.38 Å². The van der Waals surface area contributed by atoms with Crippen LogP contribution in [0.15, 0.2) is 53.9 Å². The van der Waals surface area contributed by atoms with Gasteiger partial charge in [0.1, 0.15) is 23.5 Å². The first-order valence-electron chi connectivity index (χ1n) is 9.54. The van der Waals surface area contributed by atoms with E-state index in [4.69, 9.17) is 14.2 Å². The zero-order valence-corrected chi connectivity index (χ0v) is 16.9. The van der Waals surface area contributed by atoms with Crippen LogP contribution < -0.4 is 19.5 Å². The smallest absolute Gasteiger partial charge is 0.226 e. The average Bonchev–Trinajstić information content (AvgIpc) is 3.21. The van der Waals surface area contributed by atoms with Crippen molar-refractivity contribution in [1.29, 1.82) is 0 Å². The van der Waals surface area contributed by atoms with Crippen LogP contribution in [0.1, 0.15) is 12.6 Å². The molecule has 0 spiro atoms. The van der Waals surface area contributed by atoms with Crippen LogP contribution in [0.25, 0.3) is 10.6 Å². The lowest BCUT2D eigenvalue weighted by Gasteiger charge is -2.26. The normalized spacial score (nSPS) is 15.0. The Bertz CT molecular complexity index is 988. The Morgan fingerprint density at radius 1 is 1.21 bits per heavy atom. The number of carbonyl (C=O) groups is 1. The maximum Gasteiger partial charge on any atom is 0.226 e. The maximum absolute atomic E-state index is 12.3. The Morgan fingerprint density at radius 3 is 2.86 bits per heavy atom. The summed E-state index contributed by atoms with van der Waals surface area (Å²) in [6.07, 6.45) is 0.00944. The van der Waals surface area contributed by atoms with Crippen molar-refractivity contribution in [3.63, 3.8) is 0 Å². The van der Waals surface area contributed by atoms with E-state index in [-0.39, 0.29) is 18.4 Å². The van der Waals surface area contributed by atoms with Crippen LogP contribution in [0, 0.1) is 0 Å². The summed E-state index contributed by atoms with van der Waals surface area (Å²) in [6, 6.07) is 15.3. The van der Waals surface area contributed by atoms with Gasteiger partial charge in [-0.1, -0.05) is 24.3 Å². The van der Waals surface area contributed by atoms with Gasteiger partial charge in [0.2, 0.25) is 5.91 Å². The van der Waals surface area contributed by atoms with Gasteiger partial charge in [0.25, 0.3) is 0 Å². The van der Waals surface area contributed by atoms with Crippen molar-refractivity contribution >= 4 is 17.2 Å².